The SMILES string of the molecule is CNCCNCc1cc(Cl)sc1Cl. The fraction of sp³-hybridized carbons (Fsp3) is 0.500. The van der Waals surface area contributed by atoms with Crippen LogP contribution >= 0.6 is 34.5 Å². The van der Waals surface area contributed by atoms with Gasteiger partial charge in [0, 0.05) is 19.6 Å². The van der Waals surface area contributed by atoms with Gasteiger partial charge in [-0.05, 0) is 18.7 Å². The summed E-state index contributed by atoms with van der Waals surface area (Å²) in [7, 11) is 1.93. The highest BCUT2D eigenvalue weighted by atomic mass is 35.5. The molecule has 74 valence electrons. The van der Waals surface area contributed by atoms with Crippen LogP contribution in [0.2, 0.25) is 8.67 Å². The van der Waals surface area contributed by atoms with Crippen molar-refractivity contribution in [1.82, 2.24) is 10.6 Å². The first-order valence-electron chi connectivity index (χ1n) is 4.03. The quantitative estimate of drug-likeness (QED) is 0.771. The largest absolute Gasteiger partial charge is 0.318 e. The van der Waals surface area contributed by atoms with Gasteiger partial charge in [-0.25, -0.2) is 0 Å². The van der Waals surface area contributed by atoms with Crippen LogP contribution in [0, 0.1) is 0 Å². The van der Waals surface area contributed by atoms with Gasteiger partial charge in [0.25, 0.3) is 0 Å². The number of halogens is 2. The van der Waals surface area contributed by atoms with Crippen LogP contribution < -0.4 is 10.6 Å². The van der Waals surface area contributed by atoms with Crippen molar-refractivity contribution in [1.29, 1.82) is 0 Å². The Bertz CT molecular complexity index is 263. The van der Waals surface area contributed by atoms with Crippen molar-refractivity contribution in [2.75, 3.05) is 20.1 Å². The summed E-state index contributed by atoms with van der Waals surface area (Å²) < 4.78 is 1.53. The predicted molar refractivity (Wildman–Crippen MR) is 60.0 cm³/mol. The summed E-state index contributed by atoms with van der Waals surface area (Å²) in [6.07, 6.45) is 0. The van der Waals surface area contributed by atoms with E-state index in [1.165, 1.54) is 11.3 Å². The minimum Gasteiger partial charge on any atom is -0.318 e. The lowest BCUT2D eigenvalue weighted by Crippen LogP contribution is -2.24. The first kappa shape index (κ1) is 11.3. The number of hydrogen-bond donors (Lipinski definition) is 2. The fourth-order valence-electron chi connectivity index (χ4n) is 0.931. The zero-order chi connectivity index (χ0) is 9.68. The van der Waals surface area contributed by atoms with Crippen molar-refractivity contribution in [3.05, 3.63) is 20.3 Å². The summed E-state index contributed by atoms with van der Waals surface area (Å²) in [4.78, 5) is 0. The highest BCUT2D eigenvalue weighted by Crippen LogP contribution is 2.30. The van der Waals surface area contributed by atoms with Crippen molar-refractivity contribution in [3.8, 4) is 0 Å². The second-order valence-electron chi connectivity index (χ2n) is 2.63. The summed E-state index contributed by atoms with van der Waals surface area (Å²) in [6, 6.07) is 1.90. The molecule has 1 aromatic rings. The number of likely N-dealkylation sites (N-methyl/N-ethyl adjacent to an activating group) is 1. The molecular formula is C8H12Cl2N2S. The average molecular weight is 239 g/mol. The summed E-state index contributed by atoms with van der Waals surface area (Å²) in [5.74, 6) is 0. The minimum absolute atomic E-state index is 0.746. The third-order valence-corrected chi connectivity index (χ3v) is 3.16. The van der Waals surface area contributed by atoms with Gasteiger partial charge in [-0.2, -0.15) is 0 Å². The number of hydrogen-bond acceptors (Lipinski definition) is 3. The van der Waals surface area contributed by atoms with Gasteiger partial charge in [-0.1, -0.05) is 23.2 Å². The maximum Gasteiger partial charge on any atom is 0.0989 e. The molecule has 0 atom stereocenters. The lowest BCUT2D eigenvalue weighted by molar-refractivity contribution is 0.652. The average Bonchev–Trinajstić information content (AvgIpc) is 2.39. The van der Waals surface area contributed by atoms with Gasteiger partial charge in [0.05, 0.1) is 8.67 Å². The van der Waals surface area contributed by atoms with E-state index in [1.54, 1.807) is 0 Å². The molecule has 2 N–H and O–H groups in total. The summed E-state index contributed by atoms with van der Waals surface area (Å²) >= 11 is 13.1. The molecule has 0 saturated carbocycles. The Morgan fingerprint density at radius 3 is 2.69 bits per heavy atom. The van der Waals surface area contributed by atoms with E-state index in [4.69, 9.17) is 23.2 Å². The molecule has 0 amide bonds. The van der Waals surface area contributed by atoms with Crippen LogP contribution in [-0.2, 0) is 6.54 Å². The van der Waals surface area contributed by atoms with E-state index in [1.807, 2.05) is 13.1 Å². The molecule has 0 spiro atoms. The third kappa shape index (κ3) is 3.83. The molecule has 0 unspecified atom stereocenters. The minimum atomic E-state index is 0.746. The lowest BCUT2D eigenvalue weighted by Gasteiger charge is -2.02. The lowest BCUT2D eigenvalue weighted by atomic mass is 10.3. The maximum atomic E-state index is 5.94. The fourth-order valence-corrected chi connectivity index (χ4v) is 2.42. The molecule has 5 heteroatoms. The van der Waals surface area contributed by atoms with Crippen LogP contribution in [0.3, 0.4) is 0 Å². The molecule has 0 aromatic carbocycles. The Hall–Kier alpha value is 0.200. The highest BCUT2D eigenvalue weighted by molar-refractivity contribution is 7.20. The van der Waals surface area contributed by atoms with Gasteiger partial charge in [0.2, 0.25) is 0 Å². The van der Waals surface area contributed by atoms with E-state index in [2.05, 4.69) is 10.6 Å². The normalized spacial score (nSPS) is 10.7. The van der Waals surface area contributed by atoms with E-state index >= 15 is 0 Å². The molecule has 1 aromatic heterocycles. The molecule has 0 radical (unpaired) electrons. The van der Waals surface area contributed by atoms with E-state index < -0.39 is 0 Å². The van der Waals surface area contributed by atoms with E-state index in [-0.39, 0.29) is 0 Å². The zero-order valence-electron chi connectivity index (χ0n) is 7.36. The Morgan fingerprint density at radius 2 is 2.15 bits per heavy atom. The Morgan fingerprint density at radius 1 is 1.38 bits per heavy atom. The van der Waals surface area contributed by atoms with Crippen molar-refractivity contribution in [3.63, 3.8) is 0 Å². The van der Waals surface area contributed by atoms with Crippen LogP contribution in [0.15, 0.2) is 6.07 Å². The molecule has 0 aliphatic carbocycles. The maximum absolute atomic E-state index is 5.94. The van der Waals surface area contributed by atoms with Crippen LogP contribution in [0.25, 0.3) is 0 Å². The highest BCUT2D eigenvalue weighted by Gasteiger charge is 2.04. The van der Waals surface area contributed by atoms with Gasteiger partial charge in [0.1, 0.15) is 0 Å². The van der Waals surface area contributed by atoms with Gasteiger partial charge >= 0.3 is 0 Å². The first-order valence-corrected chi connectivity index (χ1v) is 5.60. The standard InChI is InChI=1S/C8H12Cl2N2S/c1-11-2-3-12-5-6-4-7(9)13-8(6)10/h4,11-12H,2-3,5H2,1H3. The summed E-state index contributed by atoms with van der Waals surface area (Å²) in [5.41, 5.74) is 1.08. The topological polar surface area (TPSA) is 24.1 Å². The van der Waals surface area contributed by atoms with Gasteiger partial charge in [0.15, 0.2) is 0 Å². The molecule has 0 fully saturated rings. The van der Waals surface area contributed by atoms with Crippen molar-refractivity contribution in [2.24, 2.45) is 0 Å². The molecule has 2 nitrogen and oxygen atoms in total. The van der Waals surface area contributed by atoms with Crippen molar-refractivity contribution < 1.29 is 0 Å². The molecule has 0 bridgehead atoms. The summed E-state index contributed by atoms with van der Waals surface area (Å²) in [6.45, 7) is 2.67. The second kappa shape index (κ2) is 5.83. The van der Waals surface area contributed by atoms with Gasteiger partial charge in [-0.3, -0.25) is 0 Å². The van der Waals surface area contributed by atoms with Gasteiger partial charge < -0.3 is 10.6 Å². The predicted octanol–water partition coefficient (Wildman–Crippen LogP) is 2.36. The Labute approximate surface area is 92.2 Å². The molecule has 0 saturated heterocycles. The van der Waals surface area contributed by atoms with Crippen LogP contribution in [0.1, 0.15) is 5.56 Å². The molecule has 0 aliphatic heterocycles. The monoisotopic (exact) mass is 238 g/mol. The van der Waals surface area contributed by atoms with E-state index in [0.29, 0.717) is 0 Å². The van der Waals surface area contributed by atoms with Crippen LogP contribution in [0.4, 0.5) is 0 Å². The smallest absolute Gasteiger partial charge is 0.0989 e. The summed E-state index contributed by atoms with van der Waals surface area (Å²) in [5, 5.41) is 6.31. The number of thiophene rings is 1. The molecule has 1 rings (SSSR count). The molecule has 13 heavy (non-hydrogen) atoms. The Balaban J connectivity index is 2.32. The first-order chi connectivity index (χ1) is 6.24. The van der Waals surface area contributed by atoms with E-state index in [0.717, 1.165) is 33.9 Å². The number of nitrogens with one attached hydrogen (secondary N) is 2. The molecule has 0 aliphatic rings. The third-order valence-electron chi connectivity index (χ3n) is 1.59. The zero-order valence-corrected chi connectivity index (χ0v) is 9.69. The van der Waals surface area contributed by atoms with E-state index in [9.17, 15) is 0 Å². The molecule has 1 heterocycles. The van der Waals surface area contributed by atoms with Crippen LogP contribution in [0.5, 0.6) is 0 Å². The number of rotatable bonds is 5. The molecular weight excluding hydrogens is 227 g/mol. The van der Waals surface area contributed by atoms with Crippen LogP contribution in [-0.4, -0.2) is 20.1 Å². The second-order valence-corrected chi connectivity index (χ2v) is 4.92. The Kier molecular flexibility index (Phi) is 5.06. The van der Waals surface area contributed by atoms with Crippen molar-refractivity contribution in [2.45, 2.75) is 6.54 Å². The van der Waals surface area contributed by atoms with Gasteiger partial charge in [-0.15, -0.1) is 11.3 Å². The van der Waals surface area contributed by atoms with Crippen molar-refractivity contribution >= 4 is 34.5 Å².